The first-order valence-corrected chi connectivity index (χ1v) is 10.2. The number of nitrogens with zero attached hydrogens (tertiary/aromatic N) is 3. The highest BCUT2D eigenvalue weighted by Gasteiger charge is 2.23. The van der Waals surface area contributed by atoms with E-state index in [4.69, 9.17) is 4.52 Å². The van der Waals surface area contributed by atoms with E-state index in [9.17, 15) is 14.4 Å². The van der Waals surface area contributed by atoms with Crippen LogP contribution in [0.25, 0.3) is 0 Å². The highest BCUT2D eigenvalue weighted by molar-refractivity contribution is 9.10. The van der Waals surface area contributed by atoms with Crippen LogP contribution in [0.2, 0.25) is 0 Å². The number of benzene rings is 1. The van der Waals surface area contributed by atoms with E-state index in [2.05, 4.69) is 26.4 Å². The molecule has 0 radical (unpaired) electrons. The van der Waals surface area contributed by atoms with Crippen molar-refractivity contribution < 1.29 is 18.9 Å². The van der Waals surface area contributed by atoms with Crippen LogP contribution in [0, 0.1) is 6.92 Å². The summed E-state index contributed by atoms with van der Waals surface area (Å²) in [7, 11) is 0. The van der Waals surface area contributed by atoms with Crippen LogP contribution in [0.15, 0.2) is 39.3 Å². The number of Topliss-reactive ketones (excluding diaryl/α,β-unsaturated/α-hetero) is 1. The first-order valence-electron chi connectivity index (χ1n) is 9.43. The van der Waals surface area contributed by atoms with E-state index >= 15 is 0 Å². The Kier molecular flexibility index (Phi) is 7.16. The van der Waals surface area contributed by atoms with Crippen molar-refractivity contribution in [1.82, 2.24) is 15.0 Å². The zero-order valence-electron chi connectivity index (χ0n) is 16.2. The number of hydrogen-bond acceptors (Lipinski definition) is 6. The molecule has 3 rings (SSSR count). The molecule has 0 atom stereocenters. The molecule has 2 aromatic rings. The quantitative estimate of drug-likeness (QED) is 0.634. The molecule has 1 aliphatic rings. The van der Waals surface area contributed by atoms with Crippen LogP contribution in [-0.4, -0.2) is 65.3 Å². The molecule has 0 saturated carbocycles. The molecular weight excluding hydrogens is 440 g/mol. The lowest BCUT2D eigenvalue weighted by atomic mass is 10.1. The van der Waals surface area contributed by atoms with Gasteiger partial charge in [-0.25, -0.2) is 0 Å². The van der Waals surface area contributed by atoms with Crippen molar-refractivity contribution in [3.63, 3.8) is 0 Å². The highest BCUT2D eigenvalue weighted by atomic mass is 79.9. The lowest BCUT2D eigenvalue weighted by Gasteiger charge is -2.34. The Morgan fingerprint density at radius 1 is 1.10 bits per heavy atom. The normalized spacial score (nSPS) is 14.6. The van der Waals surface area contributed by atoms with Crippen LogP contribution in [-0.2, 0) is 9.59 Å². The number of amides is 2. The van der Waals surface area contributed by atoms with E-state index in [0.717, 1.165) is 4.47 Å². The number of hydrogen-bond donors (Lipinski definition) is 1. The maximum absolute atomic E-state index is 12.4. The van der Waals surface area contributed by atoms with Gasteiger partial charge in [0.05, 0.1) is 6.54 Å². The second-order valence-corrected chi connectivity index (χ2v) is 7.87. The summed E-state index contributed by atoms with van der Waals surface area (Å²) in [6.07, 6.45) is 0.390. The van der Waals surface area contributed by atoms with Crippen LogP contribution in [0.3, 0.4) is 0 Å². The topological polar surface area (TPSA) is 95.8 Å². The second kappa shape index (κ2) is 9.80. The largest absolute Gasteiger partial charge is 0.360 e. The van der Waals surface area contributed by atoms with Gasteiger partial charge in [0.25, 0.3) is 0 Å². The van der Waals surface area contributed by atoms with Crippen molar-refractivity contribution in [2.45, 2.75) is 19.8 Å². The molecule has 0 spiro atoms. The number of anilines is 1. The van der Waals surface area contributed by atoms with Crippen LogP contribution in [0.1, 0.15) is 29.0 Å². The molecule has 1 N–H and O–H groups in total. The van der Waals surface area contributed by atoms with Crippen molar-refractivity contribution in [3.05, 3.63) is 46.1 Å². The minimum Gasteiger partial charge on any atom is -0.360 e. The minimum absolute atomic E-state index is 0.0300. The third-order valence-corrected chi connectivity index (χ3v) is 5.25. The molecule has 1 aromatic heterocycles. The van der Waals surface area contributed by atoms with Crippen LogP contribution >= 0.6 is 15.9 Å². The fourth-order valence-electron chi connectivity index (χ4n) is 3.12. The van der Waals surface area contributed by atoms with Crippen LogP contribution < -0.4 is 5.32 Å². The summed E-state index contributed by atoms with van der Waals surface area (Å²) < 4.78 is 5.83. The van der Waals surface area contributed by atoms with Crippen molar-refractivity contribution >= 4 is 39.3 Å². The summed E-state index contributed by atoms with van der Waals surface area (Å²) in [5.74, 6) is 0.794. The average molecular weight is 463 g/mol. The van der Waals surface area contributed by atoms with Crippen molar-refractivity contribution in [2.75, 3.05) is 38.0 Å². The third-order valence-electron chi connectivity index (χ3n) is 4.72. The molecule has 29 heavy (non-hydrogen) atoms. The van der Waals surface area contributed by atoms with E-state index in [1.165, 1.54) is 0 Å². The number of aryl methyl sites for hydroxylation is 1. The standard InChI is InChI=1S/C20H23BrN4O4/c1-14-12-18(23-29-14)22-19(27)13-24-8-10-25(11-9-24)20(28)7-6-17(26)15-2-4-16(21)5-3-15/h2-5,12H,6-11,13H2,1H3,(H,22,23,27). The molecule has 2 amide bonds. The lowest BCUT2D eigenvalue weighted by molar-refractivity contribution is -0.133. The number of carbonyl (C=O) groups is 3. The number of rotatable bonds is 7. The van der Waals surface area contributed by atoms with Gasteiger partial charge in [0.15, 0.2) is 11.6 Å². The van der Waals surface area contributed by atoms with Gasteiger partial charge in [0, 0.05) is 55.1 Å². The molecule has 1 aromatic carbocycles. The number of ketones is 1. The molecule has 0 bridgehead atoms. The van der Waals surface area contributed by atoms with E-state index in [0.29, 0.717) is 43.3 Å². The third kappa shape index (κ3) is 6.23. The molecular formula is C20H23BrN4O4. The maximum Gasteiger partial charge on any atom is 0.239 e. The smallest absolute Gasteiger partial charge is 0.239 e. The fourth-order valence-corrected chi connectivity index (χ4v) is 3.39. The van der Waals surface area contributed by atoms with E-state index in [-0.39, 0.29) is 37.0 Å². The van der Waals surface area contributed by atoms with Crippen molar-refractivity contribution in [1.29, 1.82) is 0 Å². The monoisotopic (exact) mass is 462 g/mol. The van der Waals surface area contributed by atoms with Gasteiger partial charge in [0.1, 0.15) is 5.76 Å². The summed E-state index contributed by atoms with van der Waals surface area (Å²) in [5.41, 5.74) is 0.610. The minimum atomic E-state index is -0.168. The van der Waals surface area contributed by atoms with Gasteiger partial charge < -0.3 is 14.7 Å². The van der Waals surface area contributed by atoms with Gasteiger partial charge in [-0.3, -0.25) is 19.3 Å². The molecule has 0 aliphatic carbocycles. The molecule has 2 heterocycles. The Morgan fingerprint density at radius 2 is 1.79 bits per heavy atom. The fraction of sp³-hybridized carbons (Fsp3) is 0.400. The molecule has 1 fully saturated rings. The predicted octanol–water partition coefficient (Wildman–Crippen LogP) is 2.49. The Hall–Kier alpha value is -2.52. The van der Waals surface area contributed by atoms with Gasteiger partial charge >= 0.3 is 0 Å². The van der Waals surface area contributed by atoms with Crippen LogP contribution in [0.4, 0.5) is 5.82 Å². The summed E-state index contributed by atoms with van der Waals surface area (Å²) in [4.78, 5) is 40.5. The molecule has 0 unspecified atom stereocenters. The molecule has 154 valence electrons. The second-order valence-electron chi connectivity index (χ2n) is 6.96. The number of halogens is 1. The molecule has 9 heteroatoms. The van der Waals surface area contributed by atoms with Crippen molar-refractivity contribution in [2.24, 2.45) is 0 Å². The zero-order valence-corrected chi connectivity index (χ0v) is 17.8. The van der Waals surface area contributed by atoms with Gasteiger partial charge in [-0.05, 0) is 19.1 Å². The predicted molar refractivity (Wildman–Crippen MR) is 111 cm³/mol. The Morgan fingerprint density at radius 3 is 2.41 bits per heavy atom. The lowest BCUT2D eigenvalue weighted by Crippen LogP contribution is -2.50. The summed E-state index contributed by atoms with van der Waals surface area (Å²) in [6, 6.07) is 8.79. The Balaban J connectivity index is 1.38. The van der Waals surface area contributed by atoms with Gasteiger partial charge in [0.2, 0.25) is 11.8 Å². The van der Waals surface area contributed by atoms with Gasteiger partial charge in [-0.15, -0.1) is 0 Å². The number of aromatic nitrogens is 1. The molecule has 1 saturated heterocycles. The van der Waals surface area contributed by atoms with Crippen molar-refractivity contribution in [3.8, 4) is 0 Å². The number of carbonyl (C=O) groups excluding carboxylic acids is 3. The summed E-state index contributed by atoms with van der Waals surface area (Å²) in [5, 5.41) is 6.43. The highest BCUT2D eigenvalue weighted by Crippen LogP contribution is 2.14. The van der Waals surface area contributed by atoms with Gasteiger partial charge in [-0.2, -0.15) is 0 Å². The number of piperazine rings is 1. The Labute approximate surface area is 177 Å². The molecule has 1 aliphatic heterocycles. The molecule has 8 nitrogen and oxygen atoms in total. The number of nitrogens with one attached hydrogen (secondary N) is 1. The summed E-state index contributed by atoms with van der Waals surface area (Å²) in [6.45, 7) is 4.29. The Bertz CT molecular complexity index is 873. The van der Waals surface area contributed by atoms with Crippen LogP contribution in [0.5, 0.6) is 0 Å². The summed E-state index contributed by atoms with van der Waals surface area (Å²) >= 11 is 3.34. The first-order chi connectivity index (χ1) is 13.9. The SMILES string of the molecule is Cc1cc(NC(=O)CN2CCN(C(=O)CCC(=O)c3ccc(Br)cc3)CC2)no1. The average Bonchev–Trinajstić information content (AvgIpc) is 3.11. The van der Waals surface area contributed by atoms with E-state index in [1.807, 2.05) is 17.0 Å². The van der Waals surface area contributed by atoms with E-state index in [1.54, 1.807) is 30.0 Å². The van der Waals surface area contributed by atoms with Gasteiger partial charge in [-0.1, -0.05) is 33.2 Å². The maximum atomic E-state index is 12.4. The first kappa shape index (κ1) is 21.2. The zero-order chi connectivity index (χ0) is 20.8. The van der Waals surface area contributed by atoms with E-state index < -0.39 is 0 Å².